The van der Waals surface area contributed by atoms with Gasteiger partial charge in [0, 0.05) is 34.3 Å². The van der Waals surface area contributed by atoms with E-state index in [1.165, 1.54) is 6.07 Å². The summed E-state index contributed by atoms with van der Waals surface area (Å²) >= 11 is 0. The lowest BCUT2D eigenvalue weighted by atomic mass is 10.0. The minimum atomic E-state index is -0.414. The van der Waals surface area contributed by atoms with Crippen molar-refractivity contribution in [2.75, 3.05) is 5.32 Å². The molecule has 7 heteroatoms. The molecule has 0 radical (unpaired) electrons. The number of fused-ring (bicyclic) bond motifs is 4. The molecular formula is C23H19N3O4. The van der Waals surface area contributed by atoms with E-state index < -0.39 is 5.63 Å². The summed E-state index contributed by atoms with van der Waals surface area (Å²) in [5.74, 6) is 0.561. The molecule has 0 aliphatic carbocycles. The highest BCUT2D eigenvalue weighted by atomic mass is 16.5. The van der Waals surface area contributed by atoms with Crippen molar-refractivity contribution in [3.63, 3.8) is 0 Å². The number of anilines is 1. The van der Waals surface area contributed by atoms with Crippen molar-refractivity contribution < 1.29 is 13.9 Å². The molecule has 1 aliphatic heterocycles. The Kier molecular flexibility index (Phi) is 4.17. The Morgan fingerprint density at radius 1 is 1.17 bits per heavy atom. The van der Waals surface area contributed by atoms with Gasteiger partial charge in [-0.15, -0.1) is 0 Å². The number of carbonyl (C=O) groups is 1. The fourth-order valence-electron chi connectivity index (χ4n) is 3.81. The Labute approximate surface area is 171 Å². The van der Waals surface area contributed by atoms with Gasteiger partial charge in [0.25, 0.3) is 0 Å². The van der Waals surface area contributed by atoms with Gasteiger partial charge in [-0.3, -0.25) is 9.48 Å². The lowest BCUT2D eigenvalue weighted by Gasteiger charge is -2.19. The molecule has 7 nitrogen and oxygen atoms in total. The van der Waals surface area contributed by atoms with Crippen LogP contribution in [0.2, 0.25) is 0 Å². The molecule has 1 aliphatic rings. The first-order chi connectivity index (χ1) is 14.5. The number of aromatic nitrogens is 2. The number of aryl methyl sites for hydroxylation is 2. The Morgan fingerprint density at radius 3 is 2.90 bits per heavy atom. The maximum atomic E-state index is 12.7. The van der Waals surface area contributed by atoms with Gasteiger partial charge in [-0.1, -0.05) is 11.6 Å². The fraction of sp³-hybridized carbons (Fsp3) is 0.174. The van der Waals surface area contributed by atoms with Crippen LogP contribution in [0, 0.1) is 13.8 Å². The van der Waals surface area contributed by atoms with Crippen LogP contribution in [0.25, 0.3) is 22.2 Å². The molecule has 1 amide bonds. The molecule has 3 heterocycles. The molecule has 2 aromatic heterocycles. The summed E-state index contributed by atoms with van der Waals surface area (Å²) in [6.45, 7) is 4.35. The van der Waals surface area contributed by atoms with E-state index in [0.29, 0.717) is 17.9 Å². The van der Waals surface area contributed by atoms with E-state index in [4.69, 9.17) is 9.15 Å². The molecule has 30 heavy (non-hydrogen) atoms. The quantitative estimate of drug-likeness (QED) is 0.528. The Hall–Kier alpha value is -3.87. The minimum absolute atomic E-state index is 0.0541. The van der Waals surface area contributed by atoms with Crippen LogP contribution in [-0.4, -0.2) is 15.7 Å². The highest BCUT2D eigenvalue weighted by molar-refractivity contribution is 5.93. The summed E-state index contributed by atoms with van der Waals surface area (Å²) in [6, 6.07) is 12.7. The zero-order chi connectivity index (χ0) is 20.8. The second-order valence-corrected chi connectivity index (χ2v) is 7.47. The lowest BCUT2D eigenvalue weighted by molar-refractivity contribution is -0.116. The number of nitrogens with zero attached hydrogens (tertiary/aromatic N) is 2. The van der Waals surface area contributed by atoms with Crippen LogP contribution in [-0.2, 0) is 17.9 Å². The maximum absolute atomic E-state index is 12.7. The molecule has 5 rings (SSSR count). The number of hydrogen-bond donors (Lipinski definition) is 1. The second-order valence-electron chi connectivity index (χ2n) is 7.47. The molecule has 4 aromatic rings. The number of nitrogens with one attached hydrogen (secondary N) is 1. The van der Waals surface area contributed by atoms with E-state index in [1.807, 2.05) is 38.1 Å². The first-order valence-electron chi connectivity index (χ1n) is 9.61. The van der Waals surface area contributed by atoms with Gasteiger partial charge in [-0.25, -0.2) is 4.79 Å². The van der Waals surface area contributed by atoms with Crippen LogP contribution in [0.4, 0.5) is 5.69 Å². The number of benzene rings is 2. The van der Waals surface area contributed by atoms with Crippen molar-refractivity contribution >= 4 is 22.6 Å². The fourth-order valence-corrected chi connectivity index (χ4v) is 3.81. The lowest BCUT2D eigenvalue weighted by Crippen LogP contribution is -2.21. The van der Waals surface area contributed by atoms with Crippen LogP contribution in [0.5, 0.6) is 5.75 Å². The summed E-state index contributed by atoms with van der Waals surface area (Å²) in [7, 11) is 0. The van der Waals surface area contributed by atoms with Crippen molar-refractivity contribution in [3.8, 4) is 17.0 Å². The van der Waals surface area contributed by atoms with E-state index in [0.717, 1.165) is 39.1 Å². The molecule has 0 atom stereocenters. The monoisotopic (exact) mass is 401 g/mol. The molecule has 1 N–H and O–H groups in total. The predicted octanol–water partition coefficient (Wildman–Crippen LogP) is 3.80. The average molecular weight is 401 g/mol. The van der Waals surface area contributed by atoms with E-state index >= 15 is 0 Å². The number of hydrogen-bond acceptors (Lipinski definition) is 5. The minimum Gasteiger partial charge on any atom is -0.488 e. The first-order valence-corrected chi connectivity index (χ1v) is 9.61. The summed E-state index contributed by atoms with van der Waals surface area (Å²) < 4.78 is 12.7. The molecule has 0 unspecified atom stereocenters. The van der Waals surface area contributed by atoms with Gasteiger partial charge in [0.05, 0.1) is 11.9 Å². The Bertz CT molecular complexity index is 1370. The Morgan fingerprint density at radius 2 is 2.03 bits per heavy atom. The zero-order valence-electron chi connectivity index (χ0n) is 16.6. The largest absolute Gasteiger partial charge is 0.488 e. The molecule has 0 spiro atoms. The van der Waals surface area contributed by atoms with Crippen molar-refractivity contribution in [3.05, 3.63) is 75.8 Å². The maximum Gasteiger partial charge on any atom is 0.336 e. The third-order valence-electron chi connectivity index (χ3n) is 5.22. The van der Waals surface area contributed by atoms with Crippen LogP contribution < -0.4 is 15.7 Å². The van der Waals surface area contributed by atoms with E-state index in [9.17, 15) is 9.59 Å². The smallest absolute Gasteiger partial charge is 0.336 e. The van der Waals surface area contributed by atoms with Gasteiger partial charge in [-0.2, -0.15) is 5.10 Å². The van der Waals surface area contributed by atoms with Gasteiger partial charge >= 0.3 is 5.63 Å². The third kappa shape index (κ3) is 3.14. The van der Waals surface area contributed by atoms with E-state index in [2.05, 4.69) is 10.4 Å². The zero-order valence-corrected chi connectivity index (χ0v) is 16.6. The molecule has 0 saturated heterocycles. The SMILES string of the molecule is Cc1ccc2c(c1)-c1c(cnn1CC(=O)Nc1ccc3c(C)cc(=O)oc3c1)CO2. The molecule has 0 saturated carbocycles. The van der Waals surface area contributed by atoms with Crippen LogP contribution >= 0.6 is 0 Å². The van der Waals surface area contributed by atoms with Gasteiger partial charge < -0.3 is 14.5 Å². The van der Waals surface area contributed by atoms with Crippen molar-refractivity contribution in [1.82, 2.24) is 9.78 Å². The van der Waals surface area contributed by atoms with Crippen molar-refractivity contribution in [2.45, 2.75) is 27.0 Å². The van der Waals surface area contributed by atoms with Crippen LogP contribution in [0.3, 0.4) is 0 Å². The topological polar surface area (TPSA) is 86.4 Å². The average Bonchev–Trinajstić information content (AvgIpc) is 3.10. The second kappa shape index (κ2) is 6.88. The molecule has 0 bridgehead atoms. The van der Waals surface area contributed by atoms with Crippen molar-refractivity contribution in [2.24, 2.45) is 0 Å². The van der Waals surface area contributed by atoms with Gasteiger partial charge in [0.1, 0.15) is 24.5 Å². The summed E-state index contributed by atoms with van der Waals surface area (Å²) in [4.78, 5) is 24.4. The van der Waals surface area contributed by atoms with Crippen LogP contribution in [0.15, 0.2) is 57.9 Å². The number of amides is 1. The van der Waals surface area contributed by atoms with E-state index in [1.54, 1.807) is 23.0 Å². The highest BCUT2D eigenvalue weighted by Gasteiger charge is 2.23. The van der Waals surface area contributed by atoms with Gasteiger partial charge in [0.2, 0.25) is 5.91 Å². The predicted molar refractivity (Wildman–Crippen MR) is 113 cm³/mol. The van der Waals surface area contributed by atoms with Gasteiger partial charge in [-0.05, 0) is 43.7 Å². The third-order valence-corrected chi connectivity index (χ3v) is 5.22. The number of carbonyl (C=O) groups excluding carboxylic acids is 1. The summed E-state index contributed by atoms with van der Waals surface area (Å²) in [5.41, 5.74) is 5.30. The summed E-state index contributed by atoms with van der Waals surface area (Å²) in [5, 5.41) is 8.09. The Balaban J connectivity index is 1.42. The molecular weight excluding hydrogens is 382 g/mol. The molecule has 2 aromatic carbocycles. The number of rotatable bonds is 3. The summed E-state index contributed by atoms with van der Waals surface area (Å²) in [6.07, 6.45) is 1.74. The number of ether oxygens (including phenoxy) is 1. The standard InChI is InChI=1S/C23H19N3O4/c1-13-3-6-19-18(7-13)23-15(12-29-19)10-24-26(23)11-21(27)25-16-4-5-17-14(2)8-22(28)30-20(17)9-16/h3-10H,11-12H2,1-2H3,(H,25,27). The van der Waals surface area contributed by atoms with E-state index in [-0.39, 0.29) is 12.5 Å². The highest BCUT2D eigenvalue weighted by Crippen LogP contribution is 2.37. The van der Waals surface area contributed by atoms with Gasteiger partial charge in [0.15, 0.2) is 0 Å². The normalized spacial score (nSPS) is 12.2. The van der Waals surface area contributed by atoms with Crippen LogP contribution in [0.1, 0.15) is 16.7 Å². The molecule has 0 fully saturated rings. The first kappa shape index (κ1) is 18.2. The van der Waals surface area contributed by atoms with Crippen molar-refractivity contribution in [1.29, 1.82) is 0 Å². The molecule has 150 valence electrons.